The maximum Gasteiger partial charge on any atom is 0.287 e. The van der Waals surface area contributed by atoms with Gasteiger partial charge in [-0.3, -0.25) is 28.8 Å². The number of hydrogen-bond acceptors (Lipinski definition) is 6. The van der Waals surface area contributed by atoms with Crippen molar-refractivity contribution in [1.82, 2.24) is 20.9 Å². The summed E-state index contributed by atoms with van der Waals surface area (Å²) in [5.41, 5.74) is 4.35. The predicted molar refractivity (Wildman–Crippen MR) is 146 cm³/mol. The number of ketones is 1. The topological polar surface area (TPSA) is 168 Å². The zero-order valence-electron chi connectivity index (χ0n) is 24.7. The first-order valence-electron chi connectivity index (χ1n) is 13.8. The molecule has 2 rings (SSSR count). The second-order valence-corrected chi connectivity index (χ2v) is 13.6. The summed E-state index contributed by atoms with van der Waals surface area (Å²) >= 11 is 0. The van der Waals surface area contributed by atoms with Crippen LogP contribution in [0, 0.1) is 28.6 Å². The Morgan fingerprint density at radius 3 is 2.10 bits per heavy atom. The van der Waals surface area contributed by atoms with Crippen molar-refractivity contribution in [1.29, 1.82) is 0 Å². The van der Waals surface area contributed by atoms with Crippen molar-refractivity contribution in [2.45, 2.75) is 99.2 Å². The highest BCUT2D eigenvalue weighted by Crippen LogP contribution is 2.34. The van der Waals surface area contributed by atoms with Gasteiger partial charge < -0.3 is 26.6 Å². The van der Waals surface area contributed by atoms with Crippen LogP contribution in [0.2, 0.25) is 0 Å². The van der Waals surface area contributed by atoms with Gasteiger partial charge in [0.25, 0.3) is 5.91 Å². The van der Waals surface area contributed by atoms with Gasteiger partial charge in [-0.15, -0.1) is 0 Å². The first kappa shape index (κ1) is 32.2. The Hall–Kier alpha value is -2.98. The molecule has 2 fully saturated rings. The minimum absolute atomic E-state index is 0.0352. The van der Waals surface area contributed by atoms with E-state index in [4.69, 9.17) is 5.73 Å². The van der Waals surface area contributed by atoms with Crippen LogP contribution in [0.3, 0.4) is 0 Å². The van der Waals surface area contributed by atoms with E-state index in [9.17, 15) is 28.8 Å². The van der Waals surface area contributed by atoms with Gasteiger partial charge >= 0.3 is 0 Å². The van der Waals surface area contributed by atoms with Crippen LogP contribution in [-0.2, 0) is 28.8 Å². The highest BCUT2D eigenvalue weighted by Gasteiger charge is 2.48. The average molecular weight is 550 g/mol. The van der Waals surface area contributed by atoms with Crippen LogP contribution in [0.1, 0.15) is 81.1 Å². The van der Waals surface area contributed by atoms with E-state index in [1.165, 1.54) is 4.90 Å². The SMILES string of the molecule is CC(C)[C@H]1CCN(C(=O)[C@@H](NC(=O)CC(C)(C)C)C(C)(C)C)[C@@H]1C(=O)N[C@@H](C[C@@H]1CCNC1=O)C(=O)C(N)=O. The molecule has 0 spiro atoms. The fourth-order valence-electron chi connectivity index (χ4n) is 5.42. The zero-order valence-corrected chi connectivity index (χ0v) is 24.7. The lowest BCUT2D eigenvalue weighted by molar-refractivity contribution is -0.146. The second kappa shape index (κ2) is 12.5. The zero-order chi connectivity index (χ0) is 29.9. The summed E-state index contributed by atoms with van der Waals surface area (Å²) < 4.78 is 0. The number of amides is 5. The van der Waals surface area contributed by atoms with Crippen LogP contribution in [-0.4, -0.2) is 71.4 Å². The molecule has 5 N–H and O–H groups in total. The third kappa shape index (κ3) is 8.50. The summed E-state index contributed by atoms with van der Waals surface area (Å²) in [4.78, 5) is 78.6. The van der Waals surface area contributed by atoms with Gasteiger partial charge in [0.15, 0.2) is 0 Å². The minimum atomic E-state index is -1.28. The van der Waals surface area contributed by atoms with Crippen molar-refractivity contribution in [2.24, 2.45) is 34.3 Å². The number of rotatable bonds is 10. The molecule has 0 aliphatic carbocycles. The van der Waals surface area contributed by atoms with Crippen LogP contribution in [0.25, 0.3) is 0 Å². The summed E-state index contributed by atoms with van der Waals surface area (Å²) in [6.07, 6.45) is 1.21. The number of nitrogens with two attached hydrogens (primary N) is 1. The minimum Gasteiger partial charge on any atom is -0.363 e. The molecule has 11 heteroatoms. The van der Waals surface area contributed by atoms with Gasteiger partial charge in [-0.25, -0.2) is 0 Å². The van der Waals surface area contributed by atoms with E-state index in [-0.39, 0.29) is 47.8 Å². The predicted octanol–water partition coefficient (Wildman–Crippen LogP) is 0.892. The highest BCUT2D eigenvalue weighted by atomic mass is 16.2. The van der Waals surface area contributed by atoms with Crippen molar-refractivity contribution >= 4 is 35.3 Å². The molecule has 0 bridgehead atoms. The van der Waals surface area contributed by atoms with E-state index in [2.05, 4.69) is 16.0 Å². The smallest absolute Gasteiger partial charge is 0.287 e. The number of carbonyl (C=O) groups is 6. The lowest BCUT2D eigenvalue weighted by atomic mass is 9.84. The molecule has 11 nitrogen and oxygen atoms in total. The molecule has 0 saturated carbocycles. The largest absolute Gasteiger partial charge is 0.363 e. The Kier molecular flexibility index (Phi) is 10.3. The molecule has 0 unspecified atom stereocenters. The molecule has 39 heavy (non-hydrogen) atoms. The number of Topliss-reactive ketones (excluding diaryl/α,β-unsaturated/α-hetero) is 1. The van der Waals surface area contributed by atoms with E-state index in [0.29, 0.717) is 25.9 Å². The molecule has 0 aromatic carbocycles. The normalized spacial score (nSPS) is 23.3. The van der Waals surface area contributed by atoms with Gasteiger partial charge in [0.05, 0.1) is 6.04 Å². The highest BCUT2D eigenvalue weighted by molar-refractivity contribution is 6.38. The second-order valence-electron chi connectivity index (χ2n) is 13.6. The van der Waals surface area contributed by atoms with Crippen LogP contribution in [0.5, 0.6) is 0 Å². The number of primary amides is 1. The molecule has 220 valence electrons. The van der Waals surface area contributed by atoms with E-state index in [1.54, 1.807) is 0 Å². The van der Waals surface area contributed by atoms with Crippen LogP contribution >= 0.6 is 0 Å². The lowest BCUT2D eigenvalue weighted by Crippen LogP contribution is -2.60. The summed E-state index contributed by atoms with van der Waals surface area (Å²) in [7, 11) is 0. The first-order valence-corrected chi connectivity index (χ1v) is 13.8. The Bertz CT molecular complexity index is 980. The summed E-state index contributed by atoms with van der Waals surface area (Å²) in [5, 5.41) is 8.24. The van der Waals surface area contributed by atoms with Gasteiger partial charge in [-0.2, -0.15) is 0 Å². The van der Waals surface area contributed by atoms with E-state index in [0.717, 1.165) is 0 Å². The maximum atomic E-state index is 14.0. The molecule has 5 amide bonds. The molecule has 2 aliphatic heterocycles. The molecule has 2 heterocycles. The molecule has 2 aliphatic rings. The van der Waals surface area contributed by atoms with E-state index in [1.807, 2.05) is 55.4 Å². The van der Waals surface area contributed by atoms with Crippen LogP contribution < -0.4 is 21.7 Å². The molecule has 0 aromatic heterocycles. The van der Waals surface area contributed by atoms with E-state index >= 15 is 0 Å². The fraction of sp³-hybridized carbons (Fsp3) is 0.786. The molecule has 0 radical (unpaired) electrons. The number of nitrogens with one attached hydrogen (secondary N) is 3. The van der Waals surface area contributed by atoms with Gasteiger partial charge in [0.2, 0.25) is 29.4 Å². The summed E-state index contributed by atoms with van der Waals surface area (Å²) in [6.45, 7) is 16.0. The van der Waals surface area contributed by atoms with Gasteiger partial charge in [0, 0.05) is 25.4 Å². The van der Waals surface area contributed by atoms with Crippen molar-refractivity contribution in [3.05, 3.63) is 0 Å². The standard InChI is InChI=1S/C28H47N5O6/c1-15(2)17-10-12-33(26(39)22(28(6,7)8)32-19(34)14-27(3,4)5)20(17)25(38)31-18(21(35)23(29)36)13-16-9-11-30-24(16)37/h15-18,20,22H,9-14H2,1-8H3,(H2,29,36)(H,30,37)(H,31,38)(H,32,34)/t16-,17+,18-,20-,22+/m0/s1. The van der Waals surface area contributed by atoms with Gasteiger partial charge in [-0.1, -0.05) is 55.4 Å². The van der Waals surface area contributed by atoms with Crippen LogP contribution in [0.15, 0.2) is 0 Å². The van der Waals surface area contributed by atoms with Crippen molar-refractivity contribution in [3.8, 4) is 0 Å². The van der Waals surface area contributed by atoms with Crippen molar-refractivity contribution in [3.63, 3.8) is 0 Å². The number of nitrogens with zero attached hydrogens (tertiary/aromatic N) is 1. The molecular formula is C28H47N5O6. The first-order chi connectivity index (χ1) is 17.8. The molecule has 5 atom stereocenters. The third-order valence-electron chi connectivity index (χ3n) is 7.52. The number of hydrogen-bond donors (Lipinski definition) is 4. The Morgan fingerprint density at radius 2 is 1.64 bits per heavy atom. The monoisotopic (exact) mass is 549 g/mol. The molecule has 2 saturated heterocycles. The number of likely N-dealkylation sites (tertiary alicyclic amines) is 1. The Balaban J connectivity index is 2.35. The number of carbonyl (C=O) groups excluding carboxylic acids is 6. The molecular weight excluding hydrogens is 502 g/mol. The fourth-order valence-corrected chi connectivity index (χ4v) is 5.42. The van der Waals surface area contributed by atoms with Gasteiger partial charge in [0.1, 0.15) is 12.1 Å². The third-order valence-corrected chi connectivity index (χ3v) is 7.52. The average Bonchev–Trinajstić information content (AvgIpc) is 3.40. The Labute approximate surface area is 231 Å². The Morgan fingerprint density at radius 1 is 1.03 bits per heavy atom. The van der Waals surface area contributed by atoms with Crippen molar-refractivity contribution in [2.75, 3.05) is 13.1 Å². The van der Waals surface area contributed by atoms with E-state index < -0.39 is 47.1 Å². The van der Waals surface area contributed by atoms with Crippen molar-refractivity contribution < 1.29 is 28.8 Å². The quantitative estimate of drug-likeness (QED) is 0.295. The molecule has 0 aromatic rings. The summed E-state index contributed by atoms with van der Waals surface area (Å²) in [6, 6.07) is -3.07. The van der Waals surface area contributed by atoms with Crippen LogP contribution in [0.4, 0.5) is 0 Å². The summed E-state index contributed by atoms with van der Waals surface area (Å²) in [5.74, 6) is -4.35. The lowest BCUT2D eigenvalue weighted by Gasteiger charge is -2.37. The van der Waals surface area contributed by atoms with Gasteiger partial charge in [-0.05, 0) is 41.9 Å². The maximum absolute atomic E-state index is 14.0.